The lowest BCUT2D eigenvalue weighted by Gasteiger charge is -2.61. The highest BCUT2D eigenvalue weighted by Gasteiger charge is 2.84. The fourth-order valence-corrected chi connectivity index (χ4v) is 7.38. The molecule has 1 aromatic carbocycles. The van der Waals surface area contributed by atoms with E-state index in [2.05, 4.69) is 22.8 Å². The number of phenolic OH excluding ortho intramolecular Hbond substituents is 1. The van der Waals surface area contributed by atoms with Gasteiger partial charge in [-0.25, -0.2) is 0 Å². The lowest BCUT2D eigenvalue weighted by atomic mass is 9.49. The van der Waals surface area contributed by atoms with Crippen LogP contribution < -0.4 is 4.90 Å². The second-order valence-electron chi connectivity index (χ2n) is 8.89. The molecule has 154 valence electrons. The van der Waals surface area contributed by atoms with Crippen molar-refractivity contribution in [1.82, 2.24) is 4.90 Å². The number of rotatable bonds is 3. The Bertz CT molecular complexity index is 947. The van der Waals surface area contributed by atoms with Crippen LogP contribution in [0.4, 0.5) is 5.69 Å². The van der Waals surface area contributed by atoms with E-state index in [1.807, 2.05) is 12.1 Å². The summed E-state index contributed by atoms with van der Waals surface area (Å²) < 4.78 is 17.8. The zero-order chi connectivity index (χ0) is 20.1. The van der Waals surface area contributed by atoms with Crippen LogP contribution in [0.3, 0.4) is 0 Å². The third-order valence-corrected chi connectivity index (χ3v) is 8.16. The van der Waals surface area contributed by atoms with Gasteiger partial charge in [0, 0.05) is 25.8 Å². The number of ether oxygens (including phenoxy) is 3. The lowest BCUT2D eigenvalue weighted by molar-refractivity contribution is -0.164. The molecule has 1 N–H and O–H groups in total. The number of methoxy groups -OCH3 is 2. The first-order chi connectivity index (χ1) is 14.0. The molecule has 1 spiro atoms. The minimum Gasteiger partial charge on any atom is -0.508 e. The summed E-state index contributed by atoms with van der Waals surface area (Å²) in [6.45, 7) is 3.24. The maximum absolute atomic E-state index is 13.3. The number of fused-ring (bicyclic) bond motifs is 4. The van der Waals surface area contributed by atoms with Crippen LogP contribution >= 0.6 is 0 Å². The molecule has 6 rings (SSSR count). The molecule has 0 aromatic heterocycles. The summed E-state index contributed by atoms with van der Waals surface area (Å²) in [7, 11) is 3.16. The molecule has 0 unspecified atom stereocenters. The minimum absolute atomic E-state index is 0.0572. The van der Waals surface area contributed by atoms with E-state index >= 15 is 0 Å². The summed E-state index contributed by atoms with van der Waals surface area (Å²) in [5.41, 5.74) is 1.99. The van der Waals surface area contributed by atoms with Crippen molar-refractivity contribution in [3.63, 3.8) is 0 Å². The van der Waals surface area contributed by atoms with Crippen molar-refractivity contribution in [2.45, 2.75) is 43.2 Å². The number of esters is 1. The van der Waals surface area contributed by atoms with Crippen molar-refractivity contribution in [3.05, 3.63) is 35.4 Å². The third-order valence-electron chi connectivity index (χ3n) is 8.16. The van der Waals surface area contributed by atoms with Crippen LogP contribution in [0.15, 0.2) is 29.8 Å². The molecular weight excluding hydrogens is 372 g/mol. The van der Waals surface area contributed by atoms with Crippen molar-refractivity contribution in [2.24, 2.45) is 11.8 Å². The monoisotopic (exact) mass is 398 g/mol. The van der Waals surface area contributed by atoms with Crippen molar-refractivity contribution < 1.29 is 24.1 Å². The average molecular weight is 398 g/mol. The highest BCUT2D eigenvalue weighted by Crippen LogP contribution is 2.74. The Morgan fingerprint density at radius 3 is 2.97 bits per heavy atom. The predicted octanol–water partition coefficient (Wildman–Crippen LogP) is 1.95. The number of hydrogen-bond donors (Lipinski definition) is 1. The van der Waals surface area contributed by atoms with E-state index in [0.29, 0.717) is 13.2 Å². The van der Waals surface area contributed by atoms with Gasteiger partial charge in [0.05, 0.1) is 24.5 Å². The Kier molecular flexibility index (Phi) is 3.38. The fraction of sp³-hybridized carbons (Fsp3) is 0.591. The molecule has 7 heteroatoms. The maximum Gasteiger partial charge on any atom is 0.310 e. The number of benzene rings is 1. The normalized spacial score (nSPS) is 42.4. The predicted molar refractivity (Wildman–Crippen MR) is 104 cm³/mol. The molecule has 1 aliphatic carbocycles. The van der Waals surface area contributed by atoms with Crippen LogP contribution in [0.25, 0.3) is 0 Å². The van der Waals surface area contributed by atoms with Gasteiger partial charge in [0.15, 0.2) is 5.72 Å². The van der Waals surface area contributed by atoms with E-state index in [0.717, 1.165) is 24.2 Å². The van der Waals surface area contributed by atoms with E-state index in [1.165, 1.54) is 12.7 Å². The molecular formula is C22H26N2O5. The number of piperidine rings is 2. The Labute approximate surface area is 169 Å². The van der Waals surface area contributed by atoms with Gasteiger partial charge < -0.3 is 24.2 Å². The first kappa shape index (κ1) is 17.7. The van der Waals surface area contributed by atoms with E-state index in [4.69, 9.17) is 14.2 Å². The second kappa shape index (κ2) is 5.53. The zero-order valence-electron chi connectivity index (χ0n) is 16.9. The molecule has 7 nitrogen and oxygen atoms in total. The van der Waals surface area contributed by atoms with Gasteiger partial charge in [-0.1, -0.05) is 11.6 Å². The van der Waals surface area contributed by atoms with E-state index in [-0.39, 0.29) is 35.8 Å². The van der Waals surface area contributed by atoms with Gasteiger partial charge in [0.25, 0.3) is 0 Å². The van der Waals surface area contributed by atoms with Gasteiger partial charge in [-0.15, -0.1) is 0 Å². The van der Waals surface area contributed by atoms with Crippen LogP contribution in [0, 0.1) is 11.8 Å². The second-order valence-corrected chi connectivity index (χ2v) is 8.89. The summed E-state index contributed by atoms with van der Waals surface area (Å²) in [6.07, 6.45) is 3.67. The summed E-state index contributed by atoms with van der Waals surface area (Å²) in [6, 6.07) is 5.62. The molecule has 4 bridgehead atoms. The molecule has 6 atom stereocenters. The van der Waals surface area contributed by atoms with Gasteiger partial charge in [-0.3, -0.25) is 9.69 Å². The van der Waals surface area contributed by atoms with Gasteiger partial charge in [-0.2, -0.15) is 0 Å². The van der Waals surface area contributed by atoms with E-state index in [9.17, 15) is 9.90 Å². The van der Waals surface area contributed by atoms with Gasteiger partial charge in [-0.05, 0) is 43.0 Å². The summed E-state index contributed by atoms with van der Waals surface area (Å²) in [5, 5.41) is 10.4. The number of anilines is 1. The number of carbonyl (C=O) groups excluding carboxylic acids is 1. The molecule has 0 amide bonds. The quantitative estimate of drug-likeness (QED) is 0.616. The Morgan fingerprint density at radius 1 is 1.41 bits per heavy atom. The smallest absolute Gasteiger partial charge is 0.310 e. The SMILES string of the molecule is C/C=C1\CN2[C@@H]3C[C@@]45c6cc(O)ccc6N(COC)[C@]4(O3)[C@@H]2C[C@@H]1[C@H]5C(=O)OC. The highest BCUT2D eigenvalue weighted by atomic mass is 16.6. The number of hydrogen-bond acceptors (Lipinski definition) is 7. The molecule has 29 heavy (non-hydrogen) atoms. The summed E-state index contributed by atoms with van der Waals surface area (Å²) in [5.74, 6) is -0.227. The fourth-order valence-electron chi connectivity index (χ4n) is 7.38. The van der Waals surface area contributed by atoms with Crippen LogP contribution in [0.5, 0.6) is 5.75 Å². The number of aromatic hydroxyl groups is 1. The van der Waals surface area contributed by atoms with Crippen LogP contribution in [-0.4, -0.2) is 61.5 Å². The van der Waals surface area contributed by atoms with Crippen LogP contribution in [0.2, 0.25) is 0 Å². The highest BCUT2D eigenvalue weighted by molar-refractivity contribution is 5.82. The Hall–Kier alpha value is -2.09. The molecule has 4 aliphatic heterocycles. The minimum atomic E-state index is -0.682. The molecule has 1 saturated carbocycles. The Balaban J connectivity index is 1.68. The number of phenols is 1. The summed E-state index contributed by atoms with van der Waals surface area (Å²) >= 11 is 0. The van der Waals surface area contributed by atoms with Crippen molar-refractivity contribution in [1.29, 1.82) is 0 Å². The largest absolute Gasteiger partial charge is 0.508 e. The first-order valence-corrected chi connectivity index (χ1v) is 10.3. The zero-order valence-corrected chi connectivity index (χ0v) is 16.9. The average Bonchev–Trinajstić information content (AvgIpc) is 3.32. The number of carbonyl (C=O) groups is 1. The van der Waals surface area contributed by atoms with Crippen LogP contribution in [-0.2, 0) is 24.4 Å². The standard InChI is InChI=1S/C22H26N2O5/c1-4-12-10-23-17-8-14(12)19(20(26)28-3)21-9-18(23)29-22(17,21)24(11-27-2)16-6-5-13(25)7-15(16)21/h4-7,14,17-19,25H,8-11H2,1-3H3/b12-4+/t14-,17-,18-,19-,21-,22-/m0/s1. The lowest BCUT2D eigenvalue weighted by Crippen LogP contribution is -2.75. The number of allylic oxidation sites excluding steroid dienone is 1. The maximum atomic E-state index is 13.3. The molecule has 5 aliphatic rings. The molecule has 3 saturated heterocycles. The number of nitrogens with zero attached hydrogens (tertiary/aromatic N) is 2. The molecule has 1 aromatic rings. The first-order valence-electron chi connectivity index (χ1n) is 10.3. The van der Waals surface area contributed by atoms with Gasteiger partial charge >= 0.3 is 5.97 Å². The van der Waals surface area contributed by atoms with Crippen LogP contribution in [0.1, 0.15) is 25.3 Å². The summed E-state index contributed by atoms with van der Waals surface area (Å²) in [4.78, 5) is 18.0. The molecule has 4 fully saturated rings. The van der Waals surface area contributed by atoms with E-state index in [1.54, 1.807) is 13.2 Å². The van der Waals surface area contributed by atoms with E-state index < -0.39 is 11.1 Å². The topological polar surface area (TPSA) is 71.5 Å². The molecule has 0 radical (unpaired) electrons. The molecule has 4 heterocycles. The Morgan fingerprint density at radius 2 is 2.24 bits per heavy atom. The van der Waals surface area contributed by atoms with Crippen molar-refractivity contribution in [2.75, 3.05) is 32.4 Å². The van der Waals surface area contributed by atoms with Crippen molar-refractivity contribution in [3.8, 4) is 5.75 Å². The van der Waals surface area contributed by atoms with Crippen molar-refractivity contribution >= 4 is 11.7 Å². The van der Waals surface area contributed by atoms with Gasteiger partial charge in [0.1, 0.15) is 18.7 Å². The third kappa shape index (κ3) is 1.72. The van der Waals surface area contributed by atoms with Gasteiger partial charge in [0.2, 0.25) is 0 Å².